The summed E-state index contributed by atoms with van der Waals surface area (Å²) in [6.07, 6.45) is -0.888. The Morgan fingerprint density at radius 3 is 2.43 bits per heavy atom. The fraction of sp³-hybridized carbons (Fsp3) is 0.350. The van der Waals surface area contributed by atoms with Crippen LogP contribution in [0.1, 0.15) is 45.4 Å². The second-order valence-electron chi connectivity index (χ2n) is 6.17. The zero-order valence-electron chi connectivity index (χ0n) is 16.1. The number of hydrogen-bond acceptors (Lipinski definition) is 6. The van der Waals surface area contributed by atoms with Gasteiger partial charge in [0.25, 0.3) is 0 Å². The molecule has 0 fully saturated rings. The van der Waals surface area contributed by atoms with Crippen molar-refractivity contribution in [3.63, 3.8) is 0 Å². The first-order valence-corrected chi connectivity index (χ1v) is 9.62. The molecule has 0 aliphatic rings. The molecule has 0 amide bonds. The number of hydrogen-bond donors (Lipinski definition) is 1. The summed E-state index contributed by atoms with van der Waals surface area (Å²) in [6, 6.07) is 5.97. The molecule has 150 valence electrons. The summed E-state index contributed by atoms with van der Waals surface area (Å²) in [5.74, 6) is -1.34. The van der Waals surface area contributed by atoms with Crippen LogP contribution in [-0.4, -0.2) is 41.7 Å². The maximum absolute atomic E-state index is 12.9. The van der Waals surface area contributed by atoms with E-state index in [2.05, 4.69) is 4.98 Å². The van der Waals surface area contributed by atoms with E-state index in [1.165, 1.54) is 37.9 Å². The molecule has 1 atom stereocenters. The van der Waals surface area contributed by atoms with E-state index in [1.54, 1.807) is 26.0 Å². The number of H-pyrrole nitrogens is 1. The van der Waals surface area contributed by atoms with E-state index < -0.39 is 23.8 Å². The van der Waals surface area contributed by atoms with E-state index in [-0.39, 0.29) is 17.9 Å². The third-order valence-corrected chi connectivity index (χ3v) is 5.15. The molecule has 1 aromatic heterocycles. The molecule has 1 aromatic carbocycles. The molecular formula is C20H22FNO5S. The van der Waals surface area contributed by atoms with Gasteiger partial charge in [-0.1, -0.05) is 0 Å². The fourth-order valence-electron chi connectivity index (χ4n) is 2.70. The van der Waals surface area contributed by atoms with Gasteiger partial charge in [-0.25, -0.2) is 9.18 Å². The number of benzene rings is 1. The number of thioether (sulfide) groups is 1. The number of aryl methyl sites for hydroxylation is 1. The summed E-state index contributed by atoms with van der Waals surface area (Å²) in [5.41, 5.74) is 1.50. The van der Waals surface area contributed by atoms with Gasteiger partial charge in [0.2, 0.25) is 5.78 Å². The summed E-state index contributed by atoms with van der Waals surface area (Å²) in [4.78, 5) is 40.2. The molecule has 2 aromatic rings. The summed E-state index contributed by atoms with van der Waals surface area (Å²) in [7, 11) is 1.27. The molecule has 0 aliphatic carbocycles. The topological polar surface area (TPSA) is 85.5 Å². The molecule has 28 heavy (non-hydrogen) atoms. The Hall–Kier alpha value is -2.61. The van der Waals surface area contributed by atoms with Crippen molar-refractivity contribution >= 4 is 29.5 Å². The van der Waals surface area contributed by atoms with Crippen molar-refractivity contribution in [1.29, 1.82) is 0 Å². The molecule has 0 saturated heterocycles. The number of methoxy groups -OCH3 is 1. The van der Waals surface area contributed by atoms with Crippen LogP contribution in [0.4, 0.5) is 4.39 Å². The molecule has 8 heteroatoms. The Balaban J connectivity index is 1.92. The molecule has 0 spiro atoms. The summed E-state index contributed by atoms with van der Waals surface area (Å²) in [6.45, 7) is 4.79. The highest BCUT2D eigenvalue weighted by Crippen LogP contribution is 2.22. The number of Topliss-reactive ketones (excluding diaryl/α,β-unsaturated/α-hetero) is 1. The molecule has 0 saturated carbocycles. The Kier molecular flexibility index (Phi) is 7.39. The van der Waals surface area contributed by atoms with Crippen LogP contribution in [0, 0.1) is 19.7 Å². The first-order chi connectivity index (χ1) is 13.2. The van der Waals surface area contributed by atoms with Crippen LogP contribution in [-0.2, 0) is 14.3 Å². The summed E-state index contributed by atoms with van der Waals surface area (Å²) in [5, 5.41) is 0. The molecule has 6 nitrogen and oxygen atoms in total. The van der Waals surface area contributed by atoms with Gasteiger partial charge < -0.3 is 14.5 Å². The molecule has 0 aliphatic heterocycles. The second kappa shape index (κ2) is 9.54. The minimum Gasteiger partial charge on any atom is -0.465 e. The molecule has 0 unspecified atom stereocenters. The average molecular weight is 407 g/mol. The van der Waals surface area contributed by atoms with Crippen LogP contribution in [0.2, 0.25) is 0 Å². The highest BCUT2D eigenvalue weighted by molar-refractivity contribution is 7.99. The van der Waals surface area contributed by atoms with Gasteiger partial charge >= 0.3 is 11.9 Å². The van der Waals surface area contributed by atoms with Gasteiger partial charge in [-0.15, -0.1) is 11.8 Å². The molecule has 0 radical (unpaired) electrons. The van der Waals surface area contributed by atoms with Crippen molar-refractivity contribution in [2.75, 3.05) is 12.9 Å². The lowest BCUT2D eigenvalue weighted by Gasteiger charge is -2.12. The number of aromatic amines is 1. The number of rotatable bonds is 8. The number of halogens is 1. The largest absolute Gasteiger partial charge is 0.465 e. The molecular weight excluding hydrogens is 385 g/mol. The van der Waals surface area contributed by atoms with Gasteiger partial charge in [0.15, 0.2) is 6.10 Å². The number of nitrogens with one attached hydrogen (secondary N) is 1. The van der Waals surface area contributed by atoms with Crippen LogP contribution in [0.5, 0.6) is 0 Å². The standard InChI is InChI=1S/C20H22FNO5S/c1-11-17(20(25)26-4)12(2)22-18(11)19(24)13(3)27-16(23)9-10-28-15-7-5-14(21)6-8-15/h5-8,13,22H,9-10H2,1-4H3/t13-/m1/s1. The van der Waals surface area contributed by atoms with Crippen LogP contribution >= 0.6 is 11.8 Å². The van der Waals surface area contributed by atoms with Crippen LogP contribution < -0.4 is 0 Å². The predicted octanol–water partition coefficient (Wildman–Crippen LogP) is 3.85. The van der Waals surface area contributed by atoms with Gasteiger partial charge in [0, 0.05) is 16.3 Å². The van der Waals surface area contributed by atoms with E-state index in [0.29, 0.717) is 22.6 Å². The van der Waals surface area contributed by atoms with Crippen LogP contribution in [0.25, 0.3) is 0 Å². The van der Waals surface area contributed by atoms with Crippen LogP contribution in [0.15, 0.2) is 29.2 Å². The lowest BCUT2D eigenvalue weighted by Crippen LogP contribution is -2.25. The first-order valence-electron chi connectivity index (χ1n) is 8.64. The number of carbonyl (C=O) groups is 3. The number of esters is 2. The van der Waals surface area contributed by atoms with Gasteiger partial charge in [-0.3, -0.25) is 9.59 Å². The van der Waals surface area contributed by atoms with E-state index in [9.17, 15) is 18.8 Å². The quantitative estimate of drug-likeness (QED) is 0.406. The molecule has 1 N–H and O–H groups in total. The van der Waals surface area contributed by atoms with E-state index >= 15 is 0 Å². The van der Waals surface area contributed by atoms with Crippen molar-refractivity contribution in [1.82, 2.24) is 4.98 Å². The van der Waals surface area contributed by atoms with E-state index in [1.807, 2.05) is 0 Å². The van der Waals surface area contributed by atoms with Crippen LogP contribution in [0.3, 0.4) is 0 Å². The number of carbonyl (C=O) groups excluding carboxylic acids is 3. The maximum atomic E-state index is 12.9. The Morgan fingerprint density at radius 2 is 1.82 bits per heavy atom. The molecule has 0 bridgehead atoms. The normalized spacial score (nSPS) is 11.8. The summed E-state index contributed by atoms with van der Waals surface area (Å²) >= 11 is 1.39. The fourth-order valence-corrected chi connectivity index (χ4v) is 3.53. The molecule has 1 heterocycles. The predicted molar refractivity (Wildman–Crippen MR) is 103 cm³/mol. The van der Waals surface area contributed by atoms with Crippen molar-refractivity contribution < 1.29 is 28.2 Å². The number of ketones is 1. The molecule has 2 rings (SSSR count). The van der Waals surface area contributed by atoms with Gasteiger partial charge in [-0.05, 0) is 50.6 Å². The zero-order chi connectivity index (χ0) is 20.8. The lowest BCUT2D eigenvalue weighted by molar-refractivity contribution is -0.145. The van der Waals surface area contributed by atoms with Gasteiger partial charge in [0.1, 0.15) is 5.82 Å². The van der Waals surface area contributed by atoms with Crippen molar-refractivity contribution in [2.24, 2.45) is 0 Å². The highest BCUT2D eigenvalue weighted by atomic mass is 32.2. The average Bonchev–Trinajstić information content (AvgIpc) is 2.96. The monoisotopic (exact) mass is 407 g/mol. The number of ether oxygens (including phenoxy) is 2. The summed E-state index contributed by atoms with van der Waals surface area (Å²) < 4.78 is 22.8. The Bertz CT molecular complexity index is 875. The SMILES string of the molecule is COC(=O)c1c(C)[nH]c(C(=O)[C@@H](C)OC(=O)CCSc2ccc(F)cc2)c1C. The van der Waals surface area contributed by atoms with Gasteiger partial charge in [-0.2, -0.15) is 0 Å². The number of aromatic nitrogens is 1. The Morgan fingerprint density at radius 1 is 1.18 bits per heavy atom. The zero-order valence-corrected chi connectivity index (χ0v) is 16.9. The van der Waals surface area contributed by atoms with E-state index in [0.717, 1.165) is 4.90 Å². The van der Waals surface area contributed by atoms with Crippen molar-refractivity contribution in [3.8, 4) is 0 Å². The Labute approximate surface area is 166 Å². The van der Waals surface area contributed by atoms with Crippen molar-refractivity contribution in [2.45, 2.75) is 38.2 Å². The third kappa shape index (κ3) is 5.22. The first kappa shape index (κ1) is 21.7. The minimum atomic E-state index is -0.995. The van der Waals surface area contributed by atoms with E-state index in [4.69, 9.17) is 9.47 Å². The lowest BCUT2D eigenvalue weighted by atomic mass is 10.1. The second-order valence-corrected chi connectivity index (χ2v) is 7.33. The maximum Gasteiger partial charge on any atom is 0.339 e. The van der Waals surface area contributed by atoms with Gasteiger partial charge in [0.05, 0.1) is 24.8 Å². The third-order valence-electron chi connectivity index (χ3n) is 4.14. The smallest absolute Gasteiger partial charge is 0.339 e. The minimum absolute atomic E-state index is 0.107. The van der Waals surface area contributed by atoms with Crippen molar-refractivity contribution in [3.05, 3.63) is 52.6 Å². The highest BCUT2D eigenvalue weighted by Gasteiger charge is 2.27.